The quantitative estimate of drug-likeness (QED) is 0.155. The van der Waals surface area contributed by atoms with E-state index in [1.165, 1.54) is 59.9 Å². The maximum absolute atomic E-state index is 16.4. The summed E-state index contributed by atoms with van der Waals surface area (Å²) in [5, 5.41) is 6.60. The van der Waals surface area contributed by atoms with Gasteiger partial charge < -0.3 is 13.7 Å². The molecule has 4 amide bonds. The number of fused-ring (bicyclic) bond motifs is 14. The summed E-state index contributed by atoms with van der Waals surface area (Å²) in [6.45, 7) is 47.4. The second kappa shape index (κ2) is 23.7. The van der Waals surface area contributed by atoms with Crippen molar-refractivity contribution in [2.45, 2.75) is 227 Å². The average Bonchev–Trinajstić information content (AvgIpc) is 1.55. The number of nitrogens with zero attached hydrogens (tertiary/aromatic N) is 5. The summed E-state index contributed by atoms with van der Waals surface area (Å²) in [6, 6.07) is 62.9. The van der Waals surface area contributed by atoms with Crippen molar-refractivity contribution in [1.82, 2.24) is 23.5 Å². The van der Waals surface area contributed by atoms with Gasteiger partial charge in [-0.1, -0.05) is 243 Å². The van der Waals surface area contributed by atoms with Crippen LogP contribution in [0.25, 0.3) is 93.6 Å². The summed E-state index contributed by atoms with van der Waals surface area (Å²) in [6.07, 6.45) is 2.23. The molecule has 2 aliphatic heterocycles. The number of para-hydroxylation sites is 1. The molecule has 9 heteroatoms. The van der Waals surface area contributed by atoms with Crippen LogP contribution in [-0.2, 0) is 37.9 Å². The van der Waals surface area contributed by atoms with Gasteiger partial charge in [-0.05, 0) is 209 Å². The van der Waals surface area contributed by atoms with E-state index in [4.69, 9.17) is 0 Å². The summed E-state index contributed by atoms with van der Waals surface area (Å²) in [7, 11) is 0. The molecule has 108 heavy (non-hydrogen) atoms. The van der Waals surface area contributed by atoms with E-state index in [1.54, 1.807) is 0 Å². The van der Waals surface area contributed by atoms with E-state index in [0.717, 1.165) is 99.2 Å². The van der Waals surface area contributed by atoms with E-state index in [0.29, 0.717) is 47.9 Å². The third-order valence-corrected chi connectivity index (χ3v) is 24.8. The Kier molecular flexibility index (Phi) is 15.5. The lowest BCUT2D eigenvalue weighted by atomic mass is 9.82. The molecule has 0 bridgehead atoms. The van der Waals surface area contributed by atoms with E-state index in [-0.39, 0.29) is 43.8 Å². The molecule has 1 saturated carbocycles. The molecule has 2 unspecified atom stereocenters. The average molecular weight is 1430 g/mol. The van der Waals surface area contributed by atoms with Crippen LogP contribution in [0, 0.1) is 0 Å². The zero-order valence-electron chi connectivity index (χ0n) is 67.2. The standard InChI is InChI=1S/C99H103N5O4/c1-93(2,3)55-30-37-63-65(44-55)66-45-56(94(4,5)6)31-38-64(66)88(63)76-51-72-73(52-85(76)100-79-40-33-58(96(10,11)12)47-68(79)69-48-59(97(13,14)15)34-41-80(69)100)90(106)103(89(72)105)83-28-24-25-29-84(83)104-91(107)74-53-86(101-77-27-23-22-26-62(77)67-46-57(95(7,8)9)32-39-78(67)101)87(54-75(74)92(104)108)102-81-42-35-60(98(16,17)18)49-70(81)71-50-61(99(19,20)21)36-43-82(71)102/h22-23,26-27,30-54,83-84,88H,24-25,28-29H2,1-21H3. The van der Waals surface area contributed by atoms with Crippen molar-refractivity contribution in [3.63, 3.8) is 0 Å². The zero-order valence-corrected chi connectivity index (χ0v) is 67.2. The monoisotopic (exact) mass is 1430 g/mol. The first kappa shape index (κ1) is 70.8. The van der Waals surface area contributed by atoms with Crippen LogP contribution in [0.2, 0.25) is 0 Å². The van der Waals surface area contributed by atoms with Gasteiger partial charge in [0.25, 0.3) is 23.6 Å². The number of carbonyl (C=O) groups excluding carboxylic acids is 4. The van der Waals surface area contributed by atoms with Crippen molar-refractivity contribution >= 4 is 89.0 Å². The topological polar surface area (TPSA) is 89.6 Å². The van der Waals surface area contributed by atoms with Gasteiger partial charge in [-0.25, -0.2) is 0 Å². The van der Waals surface area contributed by atoms with Crippen LogP contribution in [0.3, 0.4) is 0 Å². The van der Waals surface area contributed by atoms with Crippen LogP contribution in [0.15, 0.2) is 176 Å². The molecule has 2 atom stereocenters. The Morgan fingerprint density at radius 3 is 0.833 bits per heavy atom. The minimum Gasteiger partial charge on any atom is -0.309 e. The Bertz CT molecular complexity index is 5900. The molecule has 0 saturated heterocycles. The molecular weight excluding hydrogens is 1320 g/mol. The Morgan fingerprint density at radius 1 is 0.250 bits per heavy atom. The highest BCUT2D eigenvalue weighted by atomic mass is 16.2. The van der Waals surface area contributed by atoms with Crippen LogP contribution in [-0.4, -0.2) is 59.2 Å². The lowest BCUT2D eigenvalue weighted by Gasteiger charge is -2.40. The molecule has 548 valence electrons. The van der Waals surface area contributed by atoms with Crippen LogP contribution in [0.1, 0.15) is 274 Å². The minimum absolute atomic E-state index is 0.131. The van der Waals surface area contributed by atoms with Crippen LogP contribution < -0.4 is 0 Å². The molecular formula is C99H103N5O4. The van der Waals surface area contributed by atoms with Gasteiger partial charge in [-0.2, -0.15) is 0 Å². The largest absolute Gasteiger partial charge is 0.309 e. The molecule has 13 aromatic rings. The summed E-state index contributed by atoms with van der Waals surface area (Å²) < 4.78 is 6.97. The van der Waals surface area contributed by atoms with E-state index < -0.39 is 35.7 Å². The molecule has 0 N–H and O–H groups in total. The van der Waals surface area contributed by atoms with Crippen molar-refractivity contribution in [2.24, 2.45) is 0 Å². The summed E-state index contributed by atoms with van der Waals surface area (Å²) >= 11 is 0. The molecule has 4 aliphatic rings. The molecule has 1 fully saturated rings. The number of hydrogen-bond donors (Lipinski definition) is 0. The van der Waals surface area contributed by atoms with Gasteiger partial charge in [0, 0.05) is 38.2 Å². The molecule has 9 nitrogen and oxygen atoms in total. The van der Waals surface area contributed by atoms with Crippen LogP contribution >= 0.6 is 0 Å². The lowest BCUT2D eigenvalue weighted by molar-refractivity contribution is 0.0291. The van der Waals surface area contributed by atoms with Crippen molar-refractivity contribution in [3.05, 3.63) is 254 Å². The van der Waals surface area contributed by atoms with Crippen molar-refractivity contribution in [1.29, 1.82) is 0 Å². The van der Waals surface area contributed by atoms with Crippen molar-refractivity contribution < 1.29 is 19.2 Å². The highest BCUT2D eigenvalue weighted by Crippen LogP contribution is 2.54. The van der Waals surface area contributed by atoms with E-state index in [2.05, 4.69) is 317 Å². The molecule has 17 rings (SSSR count). The molecule has 5 heterocycles. The summed E-state index contributed by atoms with van der Waals surface area (Å²) in [4.78, 5) is 68.4. The second-order valence-electron chi connectivity index (χ2n) is 39.2. The number of benzene rings is 10. The van der Waals surface area contributed by atoms with Gasteiger partial charge >= 0.3 is 0 Å². The highest BCUT2D eigenvalue weighted by molar-refractivity contribution is 6.25. The van der Waals surface area contributed by atoms with Crippen molar-refractivity contribution in [2.75, 3.05) is 0 Å². The van der Waals surface area contributed by atoms with E-state index in [9.17, 15) is 0 Å². The lowest BCUT2D eigenvalue weighted by Crippen LogP contribution is -2.56. The number of rotatable bonds is 6. The van der Waals surface area contributed by atoms with Crippen molar-refractivity contribution in [3.8, 4) is 28.2 Å². The third-order valence-electron chi connectivity index (χ3n) is 24.8. The molecule has 2 aliphatic carbocycles. The smallest absolute Gasteiger partial charge is 0.261 e. The number of hydrogen-bond acceptors (Lipinski definition) is 4. The molecule has 0 spiro atoms. The normalized spacial score (nSPS) is 17.0. The predicted molar refractivity (Wildman–Crippen MR) is 447 cm³/mol. The number of carbonyl (C=O) groups is 4. The first-order valence-electron chi connectivity index (χ1n) is 39.3. The van der Waals surface area contributed by atoms with Gasteiger partial charge in [-0.15, -0.1) is 0 Å². The predicted octanol–water partition coefficient (Wildman–Crippen LogP) is 24.4. The number of amides is 4. The Balaban J connectivity index is 0.854. The van der Waals surface area contributed by atoms with E-state index >= 15 is 19.2 Å². The number of imide groups is 2. The highest BCUT2D eigenvalue weighted by Gasteiger charge is 2.51. The van der Waals surface area contributed by atoms with Gasteiger partial charge in [-0.3, -0.25) is 29.0 Å². The maximum Gasteiger partial charge on any atom is 0.261 e. The SMILES string of the molecule is CC(C)(C)c1ccc2c(c1)-c1cc(C(C)(C)C)ccc1C2c1cc2c(cc1-n1c3ccc(C(C)(C)C)cc3c3cc(C(C)(C)C)ccc31)C(=O)N(C1CCCCC1N1C(=O)c3cc(-n4c5ccccc5c5cc(C(C)(C)C)ccc54)c(-n4c5ccc(C(C)(C)C)cc5c5cc(C(C)(C)C)ccc54)cc3C1=O)C2=O. The molecule has 10 aromatic carbocycles. The number of aromatic nitrogens is 3. The first-order valence-corrected chi connectivity index (χ1v) is 39.3. The molecule has 3 aromatic heterocycles. The fourth-order valence-electron chi connectivity index (χ4n) is 18.3. The maximum atomic E-state index is 16.4. The summed E-state index contributed by atoms with van der Waals surface area (Å²) in [5.41, 5.74) is 22.6. The Hall–Kier alpha value is -10.1. The van der Waals surface area contributed by atoms with Gasteiger partial charge in [0.15, 0.2) is 0 Å². The third kappa shape index (κ3) is 10.9. The fourth-order valence-corrected chi connectivity index (χ4v) is 18.3. The van der Waals surface area contributed by atoms with Crippen LogP contribution in [0.5, 0.6) is 0 Å². The second-order valence-corrected chi connectivity index (χ2v) is 39.2. The first-order chi connectivity index (χ1) is 50.7. The van der Waals surface area contributed by atoms with E-state index in [1.807, 2.05) is 18.2 Å². The zero-order chi connectivity index (χ0) is 76.7. The Morgan fingerprint density at radius 2 is 0.509 bits per heavy atom. The van der Waals surface area contributed by atoms with Gasteiger partial charge in [0.2, 0.25) is 0 Å². The van der Waals surface area contributed by atoms with Gasteiger partial charge in [0.1, 0.15) is 0 Å². The van der Waals surface area contributed by atoms with Crippen LogP contribution in [0.4, 0.5) is 0 Å². The Labute approximate surface area is 636 Å². The molecule has 0 radical (unpaired) electrons. The minimum atomic E-state index is -0.822. The van der Waals surface area contributed by atoms with Gasteiger partial charge in [0.05, 0.1) is 84.5 Å². The fraction of sp³-hybridized carbons (Fsp3) is 0.354. The summed E-state index contributed by atoms with van der Waals surface area (Å²) in [5.74, 6) is -2.02.